The maximum atomic E-state index is 13.0. The van der Waals surface area contributed by atoms with Crippen molar-refractivity contribution < 1.29 is 257 Å². The topological polar surface area (TPSA) is 1010 Å². The number of rotatable bonds is 39. The van der Waals surface area contributed by atoms with Gasteiger partial charge in [-0.05, 0) is 0 Å². The lowest BCUT2D eigenvalue weighted by Crippen LogP contribution is -2.69. The quantitative estimate of drug-likeness (QED) is 0.0239. The van der Waals surface area contributed by atoms with Crippen LogP contribution in [0.15, 0.2) is 60.8 Å². The van der Waals surface area contributed by atoms with E-state index in [1.54, 1.807) is 0 Å². The zero-order chi connectivity index (χ0) is 84.9. The first-order valence-electron chi connectivity index (χ1n) is 26.1. The largest absolute Gasteiger partial charge is 0.726 e. The highest BCUT2D eigenvalue weighted by Gasteiger charge is 2.56. The number of nitrogens with zero attached hydrogens (tertiary/aromatic N) is 3. The van der Waals surface area contributed by atoms with Gasteiger partial charge in [-0.1, -0.05) is 60.8 Å². The molecule has 0 heterocycles. The first-order valence-corrected chi connectivity index (χ1v) is 46.1. The molecule has 63 nitrogen and oxygen atoms in total. The third kappa shape index (κ3) is 33.0. The first-order chi connectivity index (χ1) is 48.8. The van der Waals surface area contributed by atoms with Crippen LogP contribution in [0.5, 0.6) is 0 Å². The summed E-state index contributed by atoms with van der Waals surface area (Å²) in [6.45, 7) is -5.60. The smallest absolute Gasteiger partial charge is 0.218 e. The van der Waals surface area contributed by atoms with Crippen molar-refractivity contribution in [2.75, 3.05) is 13.3 Å². The fourth-order valence-electron chi connectivity index (χ4n) is 10.7. The fourth-order valence-corrected chi connectivity index (χ4v) is 17.8. The van der Waals surface area contributed by atoms with Crippen LogP contribution in [0.2, 0.25) is 0 Å². The Morgan fingerprint density at radius 2 is 0.291 bits per heavy atom. The SMILES string of the molecule is O=S(=O)([O-])O[C@H]1[C@H](OS(=O)(=O)[O-])[C@@H](N(CN(CN([C@H]2C=C[C@@H](OS(=O)(=O)[O-])[C@@H](OS(=O)(=O)[O-])[C@@H]2OS(=O)(=O)[O-])[C@H]2C=C[C@@H](OS(=O)(=O)[O-])[C@@H](OS(=O)(=O)[O-])[C@@H]2OS(=O)(=O)[O-])C2C=C[C@@H](OS(=O)(=O)[O-])[C@@H](OS(=O)(=O)[O-])[C@@H]2OS(=O)(=O)[O-])[C@H]2C=C[C@@H](OS(=O)(=O)[O-])[C@@H](OS(=O)(=O)[O-])[C@@H]2OS(=O)(=O)[O-])C=C[C@H]1OS(=O)(=O)[O-]. The molecule has 0 saturated heterocycles. The van der Waals surface area contributed by atoms with E-state index in [0.29, 0.717) is 0 Å². The maximum Gasteiger partial charge on any atom is 0.218 e. The molecule has 0 aromatic carbocycles. The van der Waals surface area contributed by atoms with Gasteiger partial charge in [0.15, 0.2) is 0 Å². The lowest BCUT2D eigenvalue weighted by Gasteiger charge is -2.53. The molecule has 0 amide bonds. The second kappa shape index (κ2) is 34.7. The van der Waals surface area contributed by atoms with Crippen LogP contribution in [0.25, 0.3) is 0 Å². The van der Waals surface area contributed by atoms with Crippen molar-refractivity contribution in [2.45, 2.75) is 122 Å². The second-order valence-corrected chi connectivity index (χ2v) is 35.9. The Hall–Kier alpha value is -3.37. The molecular weight excluding hydrogens is 1870 g/mol. The van der Waals surface area contributed by atoms with Crippen LogP contribution in [0.1, 0.15) is 0 Å². The van der Waals surface area contributed by atoms with Crippen LogP contribution in [0.3, 0.4) is 0 Å². The van der Waals surface area contributed by atoms with Crippen molar-refractivity contribution in [3.63, 3.8) is 0 Å². The molecule has 642 valence electrons. The molecule has 0 bridgehead atoms. The minimum atomic E-state index is -7.18. The van der Waals surface area contributed by atoms with Crippen molar-refractivity contribution in [1.82, 2.24) is 14.7 Å². The summed E-state index contributed by atoms with van der Waals surface area (Å²) in [6, 6.07) is -18.2. The van der Waals surface area contributed by atoms with Gasteiger partial charge in [0, 0.05) is 0 Å². The molecule has 5 rings (SSSR count). The molecule has 0 N–H and O–H groups in total. The molecule has 0 aliphatic heterocycles. The zero-order valence-corrected chi connectivity index (χ0v) is 62.9. The minimum Gasteiger partial charge on any atom is -0.726 e. The molecule has 0 saturated carbocycles. The lowest BCUT2D eigenvalue weighted by molar-refractivity contribution is -0.127. The van der Waals surface area contributed by atoms with Crippen LogP contribution in [0, 0.1) is 0 Å². The standard InChI is InChI=1S/C32H49N3O60S15/c36-96(37,38)81-18-6-1-13(23(86-101(51,52)53)28(18)91-106(66,67)68)33(11-34(14-2-7-19(82-97(39,40)41)29(92-107(69,70)71)24(14)87-102(54,55)56)15-3-8-20(83-98(42,43)44)30(93-108(72,73)74)25(15)88-103(57,58)59)12-35(16-4-9-21(84-99(45,46)47)31(94-109(75,76)77)26(16)89-104(60,61)62)17-5-10-22(85-100(48,49)50)32(95-110(78,79)80)27(17)90-105(63,64)65/h1-10,13-32H,11-12H2,(H,36,37,38)(H,39,40,41)(H,42,43,44)(H,45,46,47)(H,48,49,50)(H,51,52,53)(H,54,55,56)(H,57,58,59)(H,60,61,62)(H,63,64,65)(H,66,67,68)(H,69,70,71)(H,72,73,74)(H,75,76,77)(H,78,79,80)/p-15/t13?,14-,15-,16-,17-,18+,19+,20+,21+,22+,23+,24+,25+,26+,27+,28+,29+,30+,31+,32+/m0/s1. The summed E-state index contributed by atoms with van der Waals surface area (Å²) >= 11 is 0. The third-order valence-corrected chi connectivity index (χ3v) is 20.4. The molecule has 1 unspecified atom stereocenters. The van der Waals surface area contributed by atoms with Crippen LogP contribution in [0.4, 0.5) is 0 Å². The molecule has 0 aromatic heterocycles. The molecule has 0 radical (unpaired) electrons. The summed E-state index contributed by atoms with van der Waals surface area (Å²) < 4.78 is 626. The highest BCUT2D eigenvalue weighted by atomic mass is 32.3. The Morgan fingerprint density at radius 1 is 0.173 bits per heavy atom. The molecule has 0 spiro atoms. The molecule has 110 heavy (non-hydrogen) atoms. The minimum absolute atomic E-state index is 0.239. The van der Waals surface area contributed by atoms with Gasteiger partial charge in [-0.15, -0.1) is 0 Å². The van der Waals surface area contributed by atoms with Crippen molar-refractivity contribution >= 4 is 156 Å². The Kier molecular flexibility index (Phi) is 30.6. The van der Waals surface area contributed by atoms with E-state index < -0.39 is 306 Å². The Morgan fingerprint density at radius 3 is 0.427 bits per heavy atom. The highest BCUT2D eigenvalue weighted by Crippen LogP contribution is 2.40. The molecule has 20 atom stereocenters. The van der Waals surface area contributed by atoms with Gasteiger partial charge in [0.2, 0.25) is 156 Å². The lowest BCUT2D eigenvalue weighted by atomic mass is 9.87. The van der Waals surface area contributed by atoms with Gasteiger partial charge in [0.05, 0.1) is 43.5 Å². The van der Waals surface area contributed by atoms with Crippen molar-refractivity contribution in [3.8, 4) is 0 Å². The van der Waals surface area contributed by atoms with E-state index in [-0.39, 0.29) is 60.8 Å². The van der Waals surface area contributed by atoms with Crippen molar-refractivity contribution in [3.05, 3.63) is 60.8 Å². The van der Waals surface area contributed by atoms with E-state index >= 15 is 0 Å². The van der Waals surface area contributed by atoms with Gasteiger partial charge in [-0.2, -0.15) is 0 Å². The first kappa shape index (κ1) is 97.2. The van der Waals surface area contributed by atoms with E-state index in [0.717, 1.165) is 0 Å². The van der Waals surface area contributed by atoms with Crippen molar-refractivity contribution in [1.29, 1.82) is 0 Å². The molecular formula is C32H34N3O60S15-15. The summed E-state index contributed by atoms with van der Waals surface area (Å²) in [5.41, 5.74) is 0. The number of hydrogen-bond donors (Lipinski definition) is 0. The Balaban J connectivity index is 2.30. The average Bonchev–Trinajstić information content (AvgIpc) is 0.749. The average molecular weight is 1900 g/mol. The summed E-state index contributed by atoms with van der Waals surface area (Å²) in [4.78, 5) is -1.66. The van der Waals surface area contributed by atoms with Crippen LogP contribution in [-0.2, 0) is 219 Å². The molecule has 0 aromatic rings. The van der Waals surface area contributed by atoms with Gasteiger partial charge < -0.3 is 68.3 Å². The van der Waals surface area contributed by atoms with E-state index in [1.165, 1.54) is 0 Å². The van der Waals surface area contributed by atoms with Crippen LogP contribution < -0.4 is 0 Å². The Bertz CT molecular complexity index is 4860. The molecule has 5 aliphatic carbocycles. The van der Waals surface area contributed by atoms with E-state index in [2.05, 4.69) is 62.7 Å². The predicted molar refractivity (Wildman–Crippen MR) is 298 cm³/mol. The fraction of sp³-hybridized carbons (Fsp3) is 0.688. The van der Waals surface area contributed by atoms with E-state index in [9.17, 15) is 195 Å². The third-order valence-electron chi connectivity index (χ3n) is 13.5. The normalized spacial score (nSPS) is 31.2. The van der Waals surface area contributed by atoms with E-state index in [4.69, 9.17) is 0 Å². The molecule has 0 fully saturated rings. The number of hydrogen-bond acceptors (Lipinski definition) is 63. The maximum absolute atomic E-state index is 13.0. The van der Waals surface area contributed by atoms with E-state index in [1.807, 2.05) is 0 Å². The van der Waals surface area contributed by atoms with Gasteiger partial charge in [-0.3, -0.25) is 77.4 Å². The predicted octanol–water partition coefficient (Wildman–Crippen LogP) is -15.8. The monoisotopic (exact) mass is 1900 g/mol. The summed E-state index contributed by atoms with van der Waals surface area (Å²) in [7, 11) is -104. The van der Waals surface area contributed by atoms with Gasteiger partial charge in [0.1, 0.15) is 91.6 Å². The summed E-state index contributed by atoms with van der Waals surface area (Å²) in [5.74, 6) is 0. The zero-order valence-electron chi connectivity index (χ0n) is 50.7. The van der Waals surface area contributed by atoms with Gasteiger partial charge >= 0.3 is 0 Å². The summed E-state index contributed by atoms with van der Waals surface area (Å²) in [5, 5.41) is 0. The molecule has 78 heteroatoms. The molecule has 5 aliphatic rings. The second-order valence-electron chi connectivity index (χ2n) is 20.8. The van der Waals surface area contributed by atoms with Crippen molar-refractivity contribution in [2.24, 2.45) is 0 Å². The van der Waals surface area contributed by atoms with Crippen LogP contribution in [-0.4, -0.2) is 344 Å². The summed E-state index contributed by atoms with van der Waals surface area (Å²) in [6.07, 6.45) is -59.6. The highest BCUT2D eigenvalue weighted by molar-refractivity contribution is 7.84. The van der Waals surface area contributed by atoms with Gasteiger partial charge in [-0.25, -0.2) is 126 Å². The Labute approximate surface area is 619 Å². The van der Waals surface area contributed by atoms with Crippen LogP contribution >= 0.6 is 0 Å². The van der Waals surface area contributed by atoms with Gasteiger partial charge in [0.25, 0.3) is 0 Å².